The first kappa shape index (κ1) is 10.4. The van der Waals surface area contributed by atoms with Gasteiger partial charge in [0.25, 0.3) is 0 Å². The molecule has 0 unspecified atom stereocenters. The number of sulfone groups is 1. The molecule has 1 aromatic heterocycles. The number of carbonyl (C=O) groups is 1. The van der Waals surface area contributed by atoms with Gasteiger partial charge >= 0.3 is 0 Å². The maximum Gasteiger partial charge on any atom is 0.194 e. The second kappa shape index (κ2) is 4.02. The minimum Gasteiger partial charge on any atom is -0.299 e. The lowest BCUT2D eigenvalue weighted by Crippen LogP contribution is -2.14. The first-order valence-corrected chi connectivity index (χ1v) is 6.37. The van der Waals surface area contributed by atoms with Gasteiger partial charge in [-0.15, -0.1) is 11.3 Å². The van der Waals surface area contributed by atoms with Crippen LogP contribution in [0.2, 0.25) is 0 Å². The van der Waals surface area contributed by atoms with Crippen molar-refractivity contribution in [2.24, 2.45) is 0 Å². The van der Waals surface area contributed by atoms with E-state index in [1.165, 1.54) is 6.07 Å². The van der Waals surface area contributed by atoms with Crippen LogP contribution in [0.1, 0.15) is 13.3 Å². The molecule has 0 fully saturated rings. The van der Waals surface area contributed by atoms with E-state index in [0.29, 0.717) is 0 Å². The minimum absolute atomic E-state index is 0.242. The fourth-order valence-corrected chi connectivity index (χ4v) is 3.26. The molecule has 1 rings (SSSR count). The van der Waals surface area contributed by atoms with Crippen molar-refractivity contribution in [2.75, 3.05) is 5.75 Å². The van der Waals surface area contributed by atoms with Crippen LogP contribution in [0.25, 0.3) is 0 Å². The molecule has 0 atom stereocenters. The number of thiophene rings is 1. The Balaban J connectivity index is 2.86. The van der Waals surface area contributed by atoms with Gasteiger partial charge in [-0.05, 0) is 11.4 Å². The second-order valence-corrected chi connectivity index (χ2v) is 5.75. The number of Topliss-reactive ketones (excluding diaryl/α,β-unsaturated/α-hetero) is 1. The lowest BCUT2D eigenvalue weighted by Gasteiger charge is -1.97. The summed E-state index contributed by atoms with van der Waals surface area (Å²) in [5.41, 5.74) is 0. The Labute approximate surface area is 81.3 Å². The highest BCUT2D eigenvalue weighted by Crippen LogP contribution is 2.17. The number of hydrogen-bond donors (Lipinski definition) is 0. The van der Waals surface area contributed by atoms with Crippen LogP contribution in [-0.2, 0) is 14.6 Å². The topological polar surface area (TPSA) is 51.2 Å². The average molecular weight is 218 g/mol. The van der Waals surface area contributed by atoms with E-state index in [9.17, 15) is 13.2 Å². The van der Waals surface area contributed by atoms with E-state index < -0.39 is 9.84 Å². The Morgan fingerprint density at radius 2 is 2.23 bits per heavy atom. The molecule has 0 N–H and O–H groups in total. The number of rotatable bonds is 4. The van der Waals surface area contributed by atoms with E-state index in [1.54, 1.807) is 18.4 Å². The number of carbonyl (C=O) groups excluding carboxylic acids is 1. The molecule has 1 aromatic rings. The fourth-order valence-electron chi connectivity index (χ4n) is 0.826. The highest BCUT2D eigenvalue weighted by Gasteiger charge is 2.18. The molecule has 0 aliphatic carbocycles. The maximum atomic E-state index is 11.5. The average Bonchev–Trinajstić information content (AvgIpc) is 2.55. The Hall–Kier alpha value is -0.680. The standard InChI is InChI=1S/C8H10O3S2/c1-2-7(9)6-13(10,11)8-4-3-5-12-8/h3-5H,2,6H2,1H3. The predicted molar refractivity (Wildman–Crippen MR) is 51.7 cm³/mol. The number of ketones is 1. The van der Waals surface area contributed by atoms with Gasteiger partial charge in [0.1, 0.15) is 15.7 Å². The normalized spacial score (nSPS) is 11.5. The highest BCUT2D eigenvalue weighted by molar-refractivity contribution is 7.94. The summed E-state index contributed by atoms with van der Waals surface area (Å²) in [7, 11) is -3.36. The van der Waals surface area contributed by atoms with Gasteiger partial charge in [-0.3, -0.25) is 4.79 Å². The first-order valence-electron chi connectivity index (χ1n) is 3.84. The summed E-state index contributed by atoms with van der Waals surface area (Å²) in [5.74, 6) is -0.613. The molecule has 0 aromatic carbocycles. The van der Waals surface area contributed by atoms with E-state index in [0.717, 1.165) is 11.3 Å². The van der Waals surface area contributed by atoms with Crippen molar-refractivity contribution in [2.45, 2.75) is 17.6 Å². The van der Waals surface area contributed by atoms with Gasteiger partial charge in [-0.1, -0.05) is 13.0 Å². The van der Waals surface area contributed by atoms with E-state index in [4.69, 9.17) is 0 Å². The van der Waals surface area contributed by atoms with Crippen LogP contribution in [-0.4, -0.2) is 20.0 Å². The molecular weight excluding hydrogens is 208 g/mol. The van der Waals surface area contributed by atoms with Crippen molar-refractivity contribution in [3.05, 3.63) is 17.5 Å². The van der Waals surface area contributed by atoms with E-state index in [2.05, 4.69) is 0 Å². The first-order chi connectivity index (χ1) is 6.06. The molecule has 0 bridgehead atoms. The summed E-state index contributed by atoms with van der Waals surface area (Å²) in [6.07, 6.45) is 0.268. The summed E-state index contributed by atoms with van der Waals surface area (Å²) in [5, 5.41) is 1.68. The predicted octanol–water partition coefficient (Wildman–Crippen LogP) is 1.50. The summed E-state index contributed by atoms with van der Waals surface area (Å²) < 4.78 is 23.2. The highest BCUT2D eigenvalue weighted by atomic mass is 32.2. The Morgan fingerprint density at radius 3 is 2.69 bits per heavy atom. The minimum atomic E-state index is -3.36. The van der Waals surface area contributed by atoms with Gasteiger partial charge in [0.15, 0.2) is 9.84 Å². The summed E-state index contributed by atoms with van der Waals surface area (Å²) >= 11 is 1.14. The third-order valence-electron chi connectivity index (χ3n) is 1.55. The van der Waals surface area contributed by atoms with Crippen molar-refractivity contribution in [1.29, 1.82) is 0 Å². The fraction of sp³-hybridized carbons (Fsp3) is 0.375. The molecule has 72 valence electrons. The van der Waals surface area contributed by atoms with Gasteiger partial charge < -0.3 is 0 Å². The van der Waals surface area contributed by atoms with Crippen LogP contribution in [0.5, 0.6) is 0 Å². The van der Waals surface area contributed by atoms with Crippen LogP contribution in [0.3, 0.4) is 0 Å². The lowest BCUT2D eigenvalue weighted by molar-refractivity contribution is -0.116. The van der Waals surface area contributed by atoms with Crippen molar-refractivity contribution < 1.29 is 13.2 Å². The Bertz CT molecular complexity index is 376. The molecule has 0 radical (unpaired) electrons. The van der Waals surface area contributed by atoms with Crippen molar-refractivity contribution in [3.63, 3.8) is 0 Å². The Kier molecular flexibility index (Phi) is 3.22. The van der Waals surface area contributed by atoms with Crippen molar-refractivity contribution in [3.8, 4) is 0 Å². The van der Waals surface area contributed by atoms with Gasteiger partial charge in [0.05, 0.1) is 0 Å². The molecular formula is C8H10O3S2. The monoisotopic (exact) mass is 218 g/mol. The molecule has 3 nitrogen and oxygen atoms in total. The van der Waals surface area contributed by atoms with Gasteiger partial charge in [0, 0.05) is 6.42 Å². The molecule has 0 aliphatic heterocycles. The molecule has 0 aliphatic rings. The molecule has 1 heterocycles. The van der Waals surface area contributed by atoms with Gasteiger partial charge in [-0.2, -0.15) is 0 Å². The third-order valence-corrected chi connectivity index (χ3v) is 4.71. The lowest BCUT2D eigenvalue weighted by atomic mass is 10.4. The molecule has 0 amide bonds. The van der Waals surface area contributed by atoms with E-state index in [1.807, 2.05) is 0 Å². The largest absolute Gasteiger partial charge is 0.299 e. The van der Waals surface area contributed by atoms with Crippen LogP contribution in [0, 0.1) is 0 Å². The van der Waals surface area contributed by atoms with Crippen LogP contribution in [0.4, 0.5) is 0 Å². The van der Waals surface area contributed by atoms with Crippen LogP contribution < -0.4 is 0 Å². The van der Waals surface area contributed by atoms with Crippen molar-refractivity contribution in [1.82, 2.24) is 0 Å². The molecule has 13 heavy (non-hydrogen) atoms. The molecule has 5 heteroatoms. The zero-order valence-corrected chi connectivity index (χ0v) is 8.82. The quantitative estimate of drug-likeness (QED) is 0.769. The smallest absolute Gasteiger partial charge is 0.194 e. The summed E-state index contributed by atoms with van der Waals surface area (Å²) in [4.78, 5) is 10.9. The van der Waals surface area contributed by atoms with Crippen molar-refractivity contribution >= 4 is 27.0 Å². The molecule has 0 spiro atoms. The van der Waals surface area contributed by atoms with Crippen LogP contribution >= 0.6 is 11.3 Å². The molecule has 0 saturated heterocycles. The third kappa shape index (κ3) is 2.63. The zero-order chi connectivity index (χ0) is 9.90. The molecule has 0 saturated carbocycles. The second-order valence-electron chi connectivity index (χ2n) is 2.58. The maximum absolute atomic E-state index is 11.5. The van der Waals surface area contributed by atoms with Gasteiger partial charge in [-0.25, -0.2) is 8.42 Å². The summed E-state index contributed by atoms with van der Waals surface area (Å²) in [6.45, 7) is 1.66. The SMILES string of the molecule is CCC(=O)CS(=O)(=O)c1cccs1. The van der Waals surface area contributed by atoms with Crippen LogP contribution in [0.15, 0.2) is 21.7 Å². The van der Waals surface area contributed by atoms with E-state index in [-0.39, 0.29) is 22.2 Å². The van der Waals surface area contributed by atoms with E-state index >= 15 is 0 Å². The van der Waals surface area contributed by atoms with Gasteiger partial charge in [0.2, 0.25) is 0 Å². The Morgan fingerprint density at radius 1 is 1.54 bits per heavy atom. The number of hydrogen-bond acceptors (Lipinski definition) is 4. The summed E-state index contributed by atoms with van der Waals surface area (Å²) in [6, 6.07) is 3.18. The zero-order valence-electron chi connectivity index (χ0n) is 7.19.